The first kappa shape index (κ1) is 50.3. The van der Waals surface area contributed by atoms with Gasteiger partial charge in [0.05, 0.1) is 46.8 Å². The molecular formula is C46H42Cl4N8O8. The van der Waals surface area contributed by atoms with E-state index < -0.39 is 47.3 Å². The fraction of sp³-hybridized carbons (Fsp3) is 0.217. The average Bonchev–Trinajstić information content (AvgIpc) is 3.29. The van der Waals surface area contributed by atoms with E-state index in [0.717, 1.165) is 25.0 Å². The fourth-order valence-corrected chi connectivity index (χ4v) is 6.98. The summed E-state index contributed by atoms with van der Waals surface area (Å²) in [6.07, 6.45) is 1.35. The summed E-state index contributed by atoms with van der Waals surface area (Å²) >= 11 is 24.7. The van der Waals surface area contributed by atoms with Gasteiger partial charge in [0.15, 0.2) is 11.6 Å². The lowest BCUT2D eigenvalue weighted by Gasteiger charge is -2.18. The van der Waals surface area contributed by atoms with E-state index in [4.69, 9.17) is 55.9 Å². The third-order valence-corrected chi connectivity index (χ3v) is 10.7. The minimum atomic E-state index is -1.68. The minimum Gasteiger partial charge on any atom is -0.494 e. The van der Waals surface area contributed by atoms with Crippen LogP contribution in [-0.4, -0.2) is 73.3 Å². The number of anilines is 4. The molecule has 0 saturated carbocycles. The maximum atomic E-state index is 13.5. The number of hydrogen-bond donors (Lipinski definition) is 4. The van der Waals surface area contributed by atoms with Crippen LogP contribution < -0.4 is 30.7 Å². The zero-order valence-corrected chi connectivity index (χ0v) is 38.8. The van der Waals surface area contributed by atoms with Gasteiger partial charge in [0.2, 0.25) is 12.1 Å². The summed E-state index contributed by atoms with van der Waals surface area (Å²) in [4.78, 5) is 78.7. The van der Waals surface area contributed by atoms with Crippen LogP contribution in [0.15, 0.2) is 118 Å². The number of rotatable bonds is 20. The molecule has 16 nitrogen and oxygen atoms in total. The molecule has 5 rings (SSSR count). The number of alkyl halides is 2. The van der Waals surface area contributed by atoms with Gasteiger partial charge in [0.1, 0.15) is 22.9 Å². The lowest BCUT2D eigenvalue weighted by molar-refractivity contribution is -0.127. The molecule has 4 amide bonds. The number of carbonyl (C=O) groups excluding carboxylic acids is 6. The van der Waals surface area contributed by atoms with E-state index in [2.05, 4.69) is 41.7 Å². The van der Waals surface area contributed by atoms with Gasteiger partial charge in [0.25, 0.3) is 23.6 Å². The van der Waals surface area contributed by atoms with Gasteiger partial charge in [-0.1, -0.05) is 59.6 Å². The van der Waals surface area contributed by atoms with Gasteiger partial charge in [-0.3, -0.25) is 28.8 Å². The van der Waals surface area contributed by atoms with Gasteiger partial charge >= 0.3 is 0 Å². The molecule has 4 N–H and O–H groups in total. The van der Waals surface area contributed by atoms with Crippen LogP contribution in [0.3, 0.4) is 0 Å². The van der Waals surface area contributed by atoms with Crippen molar-refractivity contribution in [3.05, 3.63) is 129 Å². The fourth-order valence-electron chi connectivity index (χ4n) is 6.04. The number of amides is 4. The molecule has 0 aliphatic rings. The number of hydrogen-bond acceptors (Lipinski definition) is 12. The standard InChI is InChI=1S/C46H42Cl4N8O8/c1-25(59)41(57-55-33-9-5-7-31(39(33)49)43(61)51-29-15-11-27(12-16-29)19-21-47)45(63)53-35-23-38(66-4)36(24-37(35)65-3)54-46(64)42(26(2)60)58-56-34-10-6-8-32(40(34)50)44(62)52-30-17-13-28(14-18-30)20-22-48/h5-18,23-24,41-42H,19-22H2,1-4H3,(H,51,61)(H,52,62)(H,53,63)(H,54,64). The van der Waals surface area contributed by atoms with Crippen LogP contribution in [0.1, 0.15) is 45.7 Å². The van der Waals surface area contributed by atoms with Crippen molar-refractivity contribution in [2.45, 2.75) is 38.8 Å². The number of carbonyl (C=O) groups is 6. The summed E-state index contributed by atoms with van der Waals surface area (Å²) in [6, 6.07) is 22.5. The predicted molar refractivity (Wildman–Crippen MR) is 255 cm³/mol. The van der Waals surface area contributed by atoms with Crippen LogP contribution in [0.4, 0.5) is 34.1 Å². The second-order valence-corrected chi connectivity index (χ2v) is 15.7. The first-order valence-electron chi connectivity index (χ1n) is 19.9. The normalized spacial score (nSPS) is 12.0. The smallest absolute Gasteiger partial charge is 0.258 e. The first-order valence-corrected chi connectivity index (χ1v) is 21.7. The Labute approximate surface area is 399 Å². The van der Waals surface area contributed by atoms with Crippen molar-refractivity contribution in [2.24, 2.45) is 20.5 Å². The molecule has 0 radical (unpaired) electrons. The van der Waals surface area contributed by atoms with Gasteiger partial charge in [-0.25, -0.2) is 0 Å². The number of halogens is 4. The Kier molecular flexibility index (Phi) is 18.3. The number of azo groups is 2. The van der Waals surface area contributed by atoms with Crippen LogP contribution in [0.25, 0.3) is 0 Å². The molecule has 2 unspecified atom stereocenters. The number of nitrogens with one attached hydrogen (secondary N) is 4. The quantitative estimate of drug-likeness (QED) is 0.0333. The van der Waals surface area contributed by atoms with E-state index in [1.807, 2.05) is 24.3 Å². The zero-order chi connectivity index (χ0) is 47.9. The highest BCUT2D eigenvalue weighted by Crippen LogP contribution is 2.37. The summed E-state index contributed by atoms with van der Waals surface area (Å²) in [6.45, 7) is 2.28. The lowest BCUT2D eigenvalue weighted by atomic mass is 10.1. The lowest BCUT2D eigenvalue weighted by Crippen LogP contribution is -2.32. The van der Waals surface area contributed by atoms with E-state index in [-0.39, 0.29) is 55.4 Å². The van der Waals surface area contributed by atoms with E-state index in [9.17, 15) is 28.8 Å². The molecular weight excluding hydrogens is 934 g/mol. The maximum Gasteiger partial charge on any atom is 0.258 e. The van der Waals surface area contributed by atoms with Gasteiger partial charge < -0.3 is 30.7 Å². The highest BCUT2D eigenvalue weighted by molar-refractivity contribution is 6.37. The van der Waals surface area contributed by atoms with Crippen molar-refractivity contribution in [3.8, 4) is 11.5 Å². The molecule has 0 spiro atoms. The number of methoxy groups -OCH3 is 2. The number of nitrogens with zero attached hydrogens (tertiary/aromatic N) is 4. The van der Waals surface area contributed by atoms with Crippen molar-refractivity contribution in [3.63, 3.8) is 0 Å². The molecule has 5 aromatic rings. The molecule has 342 valence electrons. The van der Waals surface area contributed by atoms with Crippen molar-refractivity contribution in [1.82, 2.24) is 0 Å². The van der Waals surface area contributed by atoms with Crippen LogP contribution in [0.2, 0.25) is 10.0 Å². The van der Waals surface area contributed by atoms with Crippen LogP contribution >= 0.6 is 46.4 Å². The van der Waals surface area contributed by atoms with E-state index in [0.29, 0.717) is 36.0 Å². The number of benzene rings is 5. The van der Waals surface area contributed by atoms with Gasteiger partial charge in [0, 0.05) is 35.3 Å². The summed E-state index contributed by atoms with van der Waals surface area (Å²) < 4.78 is 11.0. The molecule has 0 saturated heterocycles. The molecule has 5 aromatic carbocycles. The van der Waals surface area contributed by atoms with Crippen molar-refractivity contribution in [2.75, 3.05) is 47.2 Å². The van der Waals surface area contributed by atoms with Crippen LogP contribution in [-0.2, 0) is 32.0 Å². The molecule has 0 fully saturated rings. The SMILES string of the molecule is COc1cc(NC(=O)C(N=Nc2cccc(C(=O)Nc3ccc(CCCl)cc3)c2Cl)C(C)=O)c(OC)cc1NC(=O)C(N=Nc1cccc(C(=O)Nc2ccc(CCCl)cc2)c1Cl)C(C)=O. The van der Waals surface area contributed by atoms with Crippen LogP contribution in [0, 0.1) is 0 Å². The summed E-state index contributed by atoms with van der Waals surface area (Å²) in [5, 5.41) is 26.5. The molecule has 0 aliphatic carbocycles. The van der Waals surface area contributed by atoms with E-state index in [1.165, 1.54) is 62.8 Å². The Morgan fingerprint density at radius 2 is 0.909 bits per heavy atom. The highest BCUT2D eigenvalue weighted by Gasteiger charge is 2.28. The second-order valence-electron chi connectivity index (χ2n) is 14.1. The highest BCUT2D eigenvalue weighted by atomic mass is 35.5. The summed E-state index contributed by atoms with van der Waals surface area (Å²) in [5.41, 5.74) is 3.25. The third kappa shape index (κ3) is 13.2. The molecule has 66 heavy (non-hydrogen) atoms. The number of ketones is 2. The Hall–Kier alpha value is -6.72. The molecule has 0 heterocycles. The van der Waals surface area contributed by atoms with Crippen molar-refractivity contribution >= 4 is 116 Å². The third-order valence-electron chi connectivity index (χ3n) is 9.50. The Balaban J connectivity index is 1.29. The largest absolute Gasteiger partial charge is 0.494 e. The topological polar surface area (TPSA) is 218 Å². The molecule has 20 heteroatoms. The number of Topliss-reactive ketones (excluding diaryl/α,β-unsaturated/α-hetero) is 2. The van der Waals surface area contributed by atoms with Gasteiger partial charge in [-0.05, 0) is 86.3 Å². The molecule has 2 atom stereocenters. The summed E-state index contributed by atoms with van der Waals surface area (Å²) in [5.74, 6) is -3.33. The minimum absolute atomic E-state index is 0.00298. The maximum absolute atomic E-state index is 13.5. The Morgan fingerprint density at radius 1 is 0.545 bits per heavy atom. The predicted octanol–water partition coefficient (Wildman–Crippen LogP) is 10.4. The summed E-state index contributed by atoms with van der Waals surface area (Å²) in [7, 11) is 2.58. The van der Waals surface area contributed by atoms with E-state index in [1.54, 1.807) is 24.3 Å². The monoisotopic (exact) mass is 974 g/mol. The second kappa shape index (κ2) is 24.0. The average molecular weight is 977 g/mol. The van der Waals surface area contributed by atoms with Gasteiger partial charge in [-0.2, -0.15) is 20.5 Å². The van der Waals surface area contributed by atoms with Crippen LogP contribution in [0.5, 0.6) is 11.5 Å². The van der Waals surface area contributed by atoms with Gasteiger partial charge in [-0.15, -0.1) is 23.2 Å². The van der Waals surface area contributed by atoms with Crippen molar-refractivity contribution in [1.29, 1.82) is 0 Å². The number of aryl methyl sites for hydroxylation is 2. The molecule has 0 bridgehead atoms. The Morgan fingerprint density at radius 3 is 1.23 bits per heavy atom. The van der Waals surface area contributed by atoms with Crippen molar-refractivity contribution < 1.29 is 38.2 Å². The van der Waals surface area contributed by atoms with E-state index >= 15 is 0 Å². The molecule has 0 aliphatic heterocycles. The Bertz CT molecular complexity index is 2500. The first-order chi connectivity index (χ1) is 31.7. The molecule has 0 aromatic heterocycles. The number of ether oxygens (including phenoxy) is 2. The zero-order valence-electron chi connectivity index (χ0n) is 35.8.